The van der Waals surface area contributed by atoms with Gasteiger partial charge in [-0.15, -0.1) is 0 Å². The van der Waals surface area contributed by atoms with Crippen molar-refractivity contribution in [1.29, 1.82) is 0 Å². The fourth-order valence-electron chi connectivity index (χ4n) is 3.82. The first-order valence-corrected chi connectivity index (χ1v) is 7.44. The molecule has 2 rings (SSSR count). The van der Waals surface area contributed by atoms with E-state index < -0.39 is 0 Å². The van der Waals surface area contributed by atoms with Gasteiger partial charge in [-0.1, -0.05) is 12.1 Å². The Kier molecular flexibility index (Phi) is 3.94. The largest absolute Gasteiger partial charge is 0.411 e. The normalized spacial score (nSPS) is 36.8. The first-order valence-electron chi connectivity index (χ1n) is 7.44. The summed E-state index contributed by atoms with van der Waals surface area (Å²) in [4.78, 5) is 2.54. The molecule has 2 fully saturated rings. The van der Waals surface area contributed by atoms with Crippen molar-refractivity contribution in [3.8, 4) is 0 Å². The highest BCUT2D eigenvalue weighted by atomic mass is 16.5. The van der Waals surface area contributed by atoms with Crippen LogP contribution >= 0.6 is 0 Å². The van der Waals surface area contributed by atoms with Gasteiger partial charge >= 0.3 is 0 Å². The summed E-state index contributed by atoms with van der Waals surface area (Å²) in [7, 11) is 0. The zero-order valence-corrected chi connectivity index (χ0v) is 12.9. The minimum absolute atomic E-state index is 0.0405. The Labute approximate surface area is 116 Å². The second kappa shape index (κ2) is 5.06. The van der Waals surface area contributed by atoms with Crippen LogP contribution in [0.25, 0.3) is 0 Å². The molecule has 1 N–H and O–H groups in total. The van der Waals surface area contributed by atoms with E-state index in [0.717, 1.165) is 38.1 Å². The molecule has 2 heterocycles. The molecule has 0 radical (unpaired) electrons. The Bertz CT molecular complexity index is 363. The van der Waals surface area contributed by atoms with Crippen LogP contribution in [0, 0.1) is 5.92 Å². The van der Waals surface area contributed by atoms with E-state index in [1.54, 1.807) is 0 Å². The van der Waals surface area contributed by atoms with Crippen LogP contribution in [0.4, 0.5) is 0 Å². The molecule has 4 heteroatoms. The van der Waals surface area contributed by atoms with Crippen LogP contribution in [0.15, 0.2) is 5.16 Å². The zero-order chi connectivity index (χ0) is 14.3. The van der Waals surface area contributed by atoms with Crippen LogP contribution < -0.4 is 0 Å². The minimum Gasteiger partial charge on any atom is -0.411 e. The number of ether oxygens (including phenoxy) is 1. The molecule has 0 spiro atoms. The van der Waals surface area contributed by atoms with Gasteiger partial charge in [-0.25, -0.2) is 0 Å². The van der Waals surface area contributed by atoms with Gasteiger partial charge in [0.1, 0.15) is 0 Å². The number of hydrogen-bond acceptors (Lipinski definition) is 4. The predicted octanol–water partition coefficient (Wildman–Crippen LogP) is 2.89. The molecule has 0 aromatic carbocycles. The molecule has 0 saturated carbocycles. The maximum atomic E-state index is 9.07. The molecule has 4 nitrogen and oxygen atoms in total. The van der Waals surface area contributed by atoms with Crippen molar-refractivity contribution >= 4 is 5.71 Å². The number of nitrogens with zero attached hydrogens (tertiary/aromatic N) is 2. The van der Waals surface area contributed by atoms with Crippen molar-refractivity contribution in [3.05, 3.63) is 0 Å². The number of likely N-dealkylation sites (tertiary alicyclic amines) is 1. The van der Waals surface area contributed by atoms with E-state index >= 15 is 0 Å². The third-order valence-electron chi connectivity index (χ3n) is 4.67. The highest BCUT2D eigenvalue weighted by Crippen LogP contribution is 2.41. The molecule has 2 aliphatic heterocycles. The van der Waals surface area contributed by atoms with E-state index in [-0.39, 0.29) is 11.2 Å². The quantitative estimate of drug-likeness (QED) is 0.618. The van der Waals surface area contributed by atoms with Crippen LogP contribution in [-0.2, 0) is 4.74 Å². The molecule has 0 aliphatic carbocycles. The summed E-state index contributed by atoms with van der Waals surface area (Å²) in [5, 5.41) is 12.6. The topological polar surface area (TPSA) is 45.1 Å². The van der Waals surface area contributed by atoms with Gasteiger partial charge in [0, 0.05) is 31.5 Å². The molecule has 110 valence electrons. The fraction of sp³-hybridized carbons (Fsp3) is 0.933. The van der Waals surface area contributed by atoms with Gasteiger partial charge in [-0.2, -0.15) is 0 Å². The lowest BCUT2D eigenvalue weighted by Gasteiger charge is -2.41. The van der Waals surface area contributed by atoms with Crippen molar-refractivity contribution in [1.82, 2.24) is 4.90 Å². The summed E-state index contributed by atoms with van der Waals surface area (Å²) in [6.07, 6.45) is 2.98. The summed E-state index contributed by atoms with van der Waals surface area (Å²) in [5.41, 5.74) is 0.825. The molecule has 2 saturated heterocycles. The Morgan fingerprint density at radius 3 is 2.53 bits per heavy atom. The maximum absolute atomic E-state index is 9.07. The maximum Gasteiger partial charge on any atom is 0.0789 e. The summed E-state index contributed by atoms with van der Waals surface area (Å²) >= 11 is 0. The van der Waals surface area contributed by atoms with Gasteiger partial charge < -0.3 is 9.94 Å². The molecule has 0 amide bonds. The molecule has 2 atom stereocenters. The molecule has 2 aliphatic rings. The molecule has 0 aromatic rings. The number of oxime groups is 1. The minimum atomic E-state index is -0.102. The first-order chi connectivity index (χ1) is 8.79. The van der Waals surface area contributed by atoms with Gasteiger partial charge in [-0.3, -0.25) is 4.90 Å². The van der Waals surface area contributed by atoms with Crippen molar-refractivity contribution in [2.24, 2.45) is 11.1 Å². The smallest absolute Gasteiger partial charge is 0.0789 e. The van der Waals surface area contributed by atoms with Gasteiger partial charge in [0.15, 0.2) is 0 Å². The van der Waals surface area contributed by atoms with Crippen molar-refractivity contribution in [2.75, 3.05) is 13.1 Å². The van der Waals surface area contributed by atoms with E-state index in [1.807, 2.05) is 0 Å². The lowest BCUT2D eigenvalue weighted by Crippen LogP contribution is -2.52. The average molecular weight is 268 g/mol. The van der Waals surface area contributed by atoms with Gasteiger partial charge in [0.05, 0.1) is 16.9 Å². The number of piperidine rings is 1. The first kappa shape index (κ1) is 14.8. The summed E-state index contributed by atoms with van der Waals surface area (Å²) in [5.74, 6) is 0.387. The van der Waals surface area contributed by atoms with Gasteiger partial charge in [0.25, 0.3) is 0 Å². The third-order valence-corrected chi connectivity index (χ3v) is 4.67. The van der Waals surface area contributed by atoms with Gasteiger partial charge in [-0.05, 0) is 40.5 Å². The van der Waals surface area contributed by atoms with Crippen LogP contribution in [0.5, 0.6) is 0 Å². The standard InChI is InChI=1S/C15H28N2O2/c1-6-11-10-17(8-7-12(11)16-18)13-9-14(2,3)19-15(13,4)5/h11,13,18H,6-10H2,1-5H3. The second-order valence-corrected chi connectivity index (χ2v) is 7.13. The number of hydrogen-bond donors (Lipinski definition) is 1. The molecule has 0 bridgehead atoms. The van der Waals surface area contributed by atoms with Crippen molar-refractivity contribution in [3.63, 3.8) is 0 Å². The SMILES string of the molecule is CCC1CN(C2CC(C)(C)OC2(C)C)CCC1=NO. The predicted molar refractivity (Wildman–Crippen MR) is 76.8 cm³/mol. The van der Waals surface area contributed by atoms with Crippen LogP contribution in [0.3, 0.4) is 0 Å². The van der Waals surface area contributed by atoms with Crippen LogP contribution in [0.1, 0.15) is 53.9 Å². The fourth-order valence-corrected chi connectivity index (χ4v) is 3.82. The summed E-state index contributed by atoms with van der Waals surface area (Å²) < 4.78 is 6.20. The number of rotatable bonds is 2. The lowest BCUT2D eigenvalue weighted by molar-refractivity contribution is -0.0815. The molecular weight excluding hydrogens is 240 g/mol. The van der Waals surface area contributed by atoms with Gasteiger partial charge in [0.2, 0.25) is 0 Å². The second-order valence-electron chi connectivity index (χ2n) is 7.13. The van der Waals surface area contributed by atoms with E-state index in [1.165, 1.54) is 0 Å². The molecule has 2 unspecified atom stereocenters. The average Bonchev–Trinajstić information content (AvgIpc) is 2.56. The van der Waals surface area contributed by atoms with E-state index in [0.29, 0.717) is 12.0 Å². The summed E-state index contributed by atoms with van der Waals surface area (Å²) in [6.45, 7) is 12.9. The van der Waals surface area contributed by atoms with Crippen LogP contribution in [0.2, 0.25) is 0 Å². The Hall–Kier alpha value is -0.610. The Morgan fingerprint density at radius 1 is 1.37 bits per heavy atom. The Balaban J connectivity index is 2.11. The van der Waals surface area contributed by atoms with Crippen molar-refractivity contribution < 1.29 is 9.94 Å². The molecular formula is C15H28N2O2. The van der Waals surface area contributed by atoms with E-state index in [4.69, 9.17) is 9.94 Å². The molecule has 0 aromatic heterocycles. The van der Waals surface area contributed by atoms with Crippen LogP contribution in [-0.4, -0.2) is 46.2 Å². The highest BCUT2D eigenvalue weighted by Gasteiger charge is 2.49. The lowest BCUT2D eigenvalue weighted by atomic mass is 9.87. The summed E-state index contributed by atoms with van der Waals surface area (Å²) in [6, 6.07) is 0.455. The monoisotopic (exact) mass is 268 g/mol. The highest BCUT2D eigenvalue weighted by molar-refractivity contribution is 5.87. The Morgan fingerprint density at radius 2 is 2.05 bits per heavy atom. The van der Waals surface area contributed by atoms with E-state index in [9.17, 15) is 0 Å². The zero-order valence-electron chi connectivity index (χ0n) is 12.9. The van der Waals surface area contributed by atoms with E-state index in [2.05, 4.69) is 44.7 Å². The third kappa shape index (κ3) is 2.95. The molecule has 19 heavy (non-hydrogen) atoms. The van der Waals surface area contributed by atoms with Crippen molar-refractivity contribution in [2.45, 2.75) is 71.1 Å².